The van der Waals surface area contributed by atoms with E-state index in [1.165, 1.54) is 10.4 Å². The lowest BCUT2D eigenvalue weighted by atomic mass is 9.78. The summed E-state index contributed by atoms with van der Waals surface area (Å²) in [4.78, 5) is 7.42. The number of rotatable bonds is 1. The largest absolute Gasteiger partial charge is 0.379 e. The number of thiophene rings is 1. The first-order chi connectivity index (χ1) is 12.6. The zero-order valence-electron chi connectivity index (χ0n) is 15.0. The van der Waals surface area contributed by atoms with Crippen LogP contribution in [0.15, 0.2) is 29.3 Å². The summed E-state index contributed by atoms with van der Waals surface area (Å²) in [5.74, 6) is 1.02. The van der Waals surface area contributed by atoms with Crippen LogP contribution in [0.5, 0.6) is 0 Å². The van der Waals surface area contributed by atoms with Gasteiger partial charge in [0.05, 0.1) is 17.2 Å². The Labute approximate surface area is 168 Å². The maximum atomic E-state index is 9.18. The number of hydrogen-bond donors (Lipinski definition) is 1. The van der Waals surface area contributed by atoms with Crippen LogP contribution in [0, 0.1) is 11.3 Å². The average molecular weight is 404 g/mol. The van der Waals surface area contributed by atoms with Gasteiger partial charge >= 0.3 is 0 Å². The molecule has 1 aliphatic carbocycles. The van der Waals surface area contributed by atoms with Gasteiger partial charge in [0.1, 0.15) is 0 Å². The number of nitrogens with zero attached hydrogens (tertiary/aromatic N) is 2. The molecule has 4 rings (SSSR count). The van der Waals surface area contributed by atoms with Gasteiger partial charge in [0.15, 0.2) is 5.17 Å². The number of hydrogen-bond acceptors (Lipinski definition) is 5. The Morgan fingerprint density at radius 2 is 2.04 bits per heavy atom. The minimum absolute atomic E-state index is 0.145. The van der Waals surface area contributed by atoms with Crippen molar-refractivity contribution in [2.75, 3.05) is 5.75 Å². The maximum Gasteiger partial charge on any atom is 0.154 e. The third kappa shape index (κ3) is 3.64. The highest BCUT2D eigenvalue weighted by Crippen LogP contribution is 2.49. The summed E-state index contributed by atoms with van der Waals surface area (Å²) in [6, 6.07) is 9.97. The van der Waals surface area contributed by atoms with E-state index in [1.807, 2.05) is 26.0 Å². The van der Waals surface area contributed by atoms with Gasteiger partial charge in [0.2, 0.25) is 0 Å². The van der Waals surface area contributed by atoms with Gasteiger partial charge in [-0.3, -0.25) is 4.99 Å². The van der Waals surface area contributed by atoms with Crippen LogP contribution in [0.4, 0.5) is 0 Å². The second kappa shape index (κ2) is 8.04. The number of thioether (sulfide) groups is 1. The summed E-state index contributed by atoms with van der Waals surface area (Å²) < 4.78 is 0. The van der Waals surface area contributed by atoms with Crippen LogP contribution in [-0.4, -0.2) is 10.9 Å². The average Bonchev–Trinajstić information content (AvgIpc) is 3.09. The maximum absolute atomic E-state index is 9.18. The fraction of sp³-hybridized carbons (Fsp3) is 0.400. The highest BCUT2D eigenvalue weighted by atomic mass is 35.5. The molecule has 0 radical (unpaired) electrons. The summed E-state index contributed by atoms with van der Waals surface area (Å²) in [7, 11) is 0. The van der Waals surface area contributed by atoms with Crippen LogP contribution in [0.1, 0.15) is 49.1 Å². The zero-order chi connectivity index (χ0) is 18.7. The van der Waals surface area contributed by atoms with E-state index < -0.39 is 0 Å². The Hall–Kier alpha value is -1.48. The molecule has 0 bridgehead atoms. The van der Waals surface area contributed by atoms with Crippen molar-refractivity contribution in [1.82, 2.24) is 0 Å². The molecular formula is C20H22ClN3S2. The smallest absolute Gasteiger partial charge is 0.154 e. The van der Waals surface area contributed by atoms with Crippen LogP contribution in [0.25, 0.3) is 10.4 Å². The third-order valence-electron chi connectivity index (χ3n) is 4.71. The monoisotopic (exact) mass is 403 g/mol. The molecule has 3 nitrogen and oxygen atoms in total. The van der Waals surface area contributed by atoms with E-state index in [2.05, 4.69) is 12.1 Å². The summed E-state index contributed by atoms with van der Waals surface area (Å²) in [5.41, 5.74) is 8.82. The van der Waals surface area contributed by atoms with E-state index in [0.29, 0.717) is 15.8 Å². The molecule has 1 aromatic heterocycles. The van der Waals surface area contributed by atoms with Gasteiger partial charge in [-0.2, -0.15) is 5.26 Å². The van der Waals surface area contributed by atoms with E-state index in [-0.39, 0.29) is 5.54 Å². The number of aliphatic imine (C=N–C) groups is 1. The van der Waals surface area contributed by atoms with Gasteiger partial charge in [-0.15, -0.1) is 11.3 Å². The van der Waals surface area contributed by atoms with Crippen molar-refractivity contribution in [3.8, 4) is 16.5 Å². The number of fused-ring (bicyclic) bond motifs is 2. The van der Waals surface area contributed by atoms with Crippen molar-refractivity contribution in [1.29, 1.82) is 5.26 Å². The predicted octanol–water partition coefficient (Wildman–Crippen LogP) is 5.95. The standard InChI is InChI=1S/C18H16ClN3S2.C2H6/c19-13-7-11(10-20)6-12(8-13)16-9-14-15(24-16)2-1-3-18(14)4-5-23-17(21)22-18;1-2/h6-9H,1-5H2,(H2,21,22);1-2H3. The lowest BCUT2D eigenvalue weighted by Gasteiger charge is -2.36. The second-order valence-corrected chi connectivity index (χ2v) is 8.91. The molecule has 1 aromatic carbocycles. The van der Waals surface area contributed by atoms with Crippen LogP contribution in [0.2, 0.25) is 5.02 Å². The van der Waals surface area contributed by atoms with E-state index in [9.17, 15) is 5.26 Å². The van der Waals surface area contributed by atoms with Crippen molar-refractivity contribution >= 4 is 39.9 Å². The molecule has 0 fully saturated rings. The molecule has 136 valence electrons. The number of halogens is 1. The number of amidine groups is 1. The molecule has 0 saturated carbocycles. The molecule has 0 saturated heterocycles. The van der Waals surface area contributed by atoms with Crippen molar-refractivity contribution in [2.45, 2.75) is 45.1 Å². The van der Waals surface area contributed by atoms with E-state index in [4.69, 9.17) is 22.3 Å². The Morgan fingerprint density at radius 1 is 1.23 bits per heavy atom. The molecule has 2 aliphatic rings. The summed E-state index contributed by atoms with van der Waals surface area (Å²) in [6.07, 6.45) is 4.35. The lowest BCUT2D eigenvalue weighted by molar-refractivity contribution is 0.368. The fourth-order valence-electron chi connectivity index (χ4n) is 3.62. The van der Waals surface area contributed by atoms with Crippen LogP contribution in [0.3, 0.4) is 0 Å². The zero-order valence-corrected chi connectivity index (χ0v) is 17.4. The third-order valence-corrected chi connectivity index (χ3v) is 6.96. The first kappa shape index (κ1) is 19.3. The van der Waals surface area contributed by atoms with Gasteiger partial charge in [-0.25, -0.2) is 0 Å². The Bertz CT molecular complexity index is 882. The van der Waals surface area contributed by atoms with Crippen LogP contribution >= 0.6 is 34.7 Å². The minimum atomic E-state index is -0.145. The summed E-state index contributed by atoms with van der Waals surface area (Å²) in [6.45, 7) is 4.00. The van der Waals surface area contributed by atoms with Crippen molar-refractivity contribution in [3.63, 3.8) is 0 Å². The molecule has 1 unspecified atom stereocenters. The number of nitriles is 1. The minimum Gasteiger partial charge on any atom is -0.379 e. The van der Waals surface area contributed by atoms with Gasteiger partial charge < -0.3 is 5.73 Å². The molecule has 26 heavy (non-hydrogen) atoms. The van der Waals surface area contributed by atoms with Gasteiger partial charge in [0, 0.05) is 20.5 Å². The fourth-order valence-corrected chi connectivity index (χ4v) is 6.03. The van der Waals surface area contributed by atoms with Crippen LogP contribution in [-0.2, 0) is 12.0 Å². The molecule has 1 aliphatic heterocycles. The molecule has 1 atom stereocenters. The molecular weight excluding hydrogens is 382 g/mol. The highest BCUT2D eigenvalue weighted by molar-refractivity contribution is 8.13. The number of nitrogens with two attached hydrogens (primary N) is 1. The topological polar surface area (TPSA) is 62.2 Å². The molecule has 0 amide bonds. The molecule has 2 aromatic rings. The van der Waals surface area contributed by atoms with Gasteiger partial charge in [0.25, 0.3) is 0 Å². The normalized spacial score (nSPS) is 21.2. The predicted molar refractivity (Wildman–Crippen MR) is 114 cm³/mol. The highest BCUT2D eigenvalue weighted by Gasteiger charge is 2.39. The first-order valence-corrected chi connectivity index (χ1v) is 11.1. The number of aryl methyl sites for hydroxylation is 1. The van der Waals surface area contributed by atoms with Gasteiger partial charge in [-0.05, 0) is 61.1 Å². The lowest BCUT2D eigenvalue weighted by Crippen LogP contribution is -2.34. The summed E-state index contributed by atoms with van der Waals surface area (Å²) >= 11 is 9.63. The van der Waals surface area contributed by atoms with Gasteiger partial charge in [-0.1, -0.05) is 37.2 Å². The second-order valence-electron chi connectivity index (χ2n) is 6.22. The Morgan fingerprint density at radius 3 is 2.77 bits per heavy atom. The van der Waals surface area contributed by atoms with E-state index >= 15 is 0 Å². The molecule has 2 heterocycles. The van der Waals surface area contributed by atoms with E-state index in [0.717, 1.165) is 41.9 Å². The Balaban J connectivity index is 0.000000948. The number of benzene rings is 1. The molecule has 2 N–H and O–H groups in total. The SMILES string of the molecule is CC.N#Cc1cc(Cl)cc(-c2cc3c(s2)CCCC32CCSC(N)=N2)c1. The quantitative estimate of drug-likeness (QED) is 0.639. The molecule has 6 heteroatoms. The van der Waals surface area contributed by atoms with Crippen molar-refractivity contribution in [2.24, 2.45) is 10.7 Å². The summed E-state index contributed by atoms with van der Waals surface area (Å²) in [5, 5.41) is 10.5. The van der Waals surface area contributed by atoms with Crippen LogP contribution < -0.4 is 5.73 Å². The first-order valence-electron chi connectivity index (χ1n) is 8.92. The van der Waals surface area contributed by atoms with E-state index in [1.54, 1.807) is 29.2 Å². The Kier molecular flexibility index (Phi) is 5.96. The molecule has 1 spiro atoms. The van der Waals surface area contributed by atoms with Crippen molar-refractivity contribution < 1.29 is 0 Å². The van der Waals surface area contributed by atoms with Crippen molar-refractivity contribution in [3.05, 3.63) is 45.3 Å².